The predicted octanol–water partition coefficient (Wildman–Crippen LogP) is 1.73. The molecule has 76 valence electrons. The first kappa shape index (κ1) is 12.6. The number of nitriles is 1. The smallest absolute Gasteiger partial charge is 0.114 e. The molecule has 4 heteroatoms. The van der Waals surface area contributed by atoms with Crippen molar-refractivity contribution in [3.8, 4) is 6.07 Å². The van der Waals surface area contributed by atoms with E-state index in [0.717, 1.165) is 0 Å². The van der Waals surface area contributed by atoms with Crippen LogP contribution in [0.2, 0.25) is 0 Å². The summed E-state index contributed by atoms with van der Waals surface area (Å²) in [7, 11) is -1.18. The summed E-state index contributed by atoms with van der Waals surface area (Å²) in [6, 6.07) is 2.13. The molecule has 0 bridgehead atoms. The van der Waals surface area contributed by atoms with Gasteiger partial charge >= 0.3 is 0 Å². The number of rotatable bonds is 3. The van der Waals surface area contributed by atoms with Gasteiger partial charge in [-0.05, 0) is 34.1 Å². The highest BCUT2D eigenvalue weighted by Crippen LogP contribution is 2.15. The van der Waals surface area contributed by atoms with E-state index in [1.165, 1.54) is 0 Å². The zero-order valence-electron chi connectivity index (χ0n) is 8.97. The van der Waals surface area contributed by atoms with Gasteiger partial charge in [-0.25, -0.2) is 8.93 Å². The lowest BCUT2D eigenvalue weighted by molar-refractivity contribution is 0.513. The van der Waals surface area contributed by atoms with Crippen LogP contribution in [0.25, 0.3) is 0 Å². The lowest BCUT2D eigenvalue weighted by Crippen LogP contribution is -2.46. The fourth-order valence-corrected chi connectivity index (χ4v) is 1.44. The maximum atomic E-state index is 11.6. The Morgan fingerprint density at radius 2 is 1.85 bits per heavy atom. The highest BCUT2D eigenvalue weighted by atomic mass is 32.2. The maximum Gasteiger partial charge on any atom is 0.114 e. The predicted molar refractivity (Wildman–Crippen MR) is 55.3 cm³/mol. The molecule has 0 rings (SSSR count). The molecule has 2 atom stereocenters. The number of hydrogen-bond acceptors (Lipinski definition) is 2. The lowest BCUT2D eigenvalue weighted by Gasteiger charge is -2.26. The van der Waals surface area contributed by atoms with Crippen LogP contribution in [0.4, 0.5) is 0 Å². The molecule has 0 aliphatic heterocycles. The van der Waals surface area contributed by atoms with Crippen molar-refractivity contribution in [3.05, 3.63) is 0 Å². The summed E-state index contributed by atoms with van der Waals surface area (Å²) >= 11 is 0. The average molecular weight is 202 g/mol. The fraction of sp³-hybridized carbons (Fsp3) is 0.889. The molecule has 0 aromatic heterocycles. The maximum absolute atomic E-state index is 11.6. The molecule has 0 aliphatic rings. The second kappa shape index (κ2) is 4.21. The molecular weight excluding hydrogens is 184 g/mol. The van der Waals surface area contributed by atoms with Gasteiger partial charge in [-0.3, -0.25) is 0 Å². The second-order valence-corrected chi connectivity index (χ2v) is 6.25. The first-order chi connectivity index (χ1) is 5.75. The lowest BCUT2D eigenvalue weighted by atomic mass is 10.0. The van der Waals surface area contributed by atoms with E-state index in [0.29, 0.717) is 6.42 Å². The molecule has 0 saturated carbocycles. The van der Waals surface area contributed by atoms with E-state index in [-0.39, 0.29) is 4.75 Å². The Kier molecular flexibility index (Phi) is 4.08. The van der Waals surface area contributed by atoms with Crippen LogP contribution >= 0.6 is 0 Å². The highest BCUT2D eigenvalue weighted by Gasteiger charge is 2.29. The van der Waals surface area contributed by atoms with Crippen molar-refractivity contribution in [2.75, 3.05) is 0 Å². The van der Waals surface area contributed by atoms with Crippen molar-refractivity contribution in [2.45, 2.75) is 51.3 Å². The van der Waals surface area contributed by atoms with E-state index >= 15 is 0 Å². The molecule has 0 heterocycles. The van der Waals surface area contributed by atoms with E-state index in [1.807, 2.05) is 27.7 Å². The molecule has 0 amide bonds. The molecule has 0 saturated heterocycles. The van der Waals surface area contributed by atoms with Gasteiger partial charge in [0.15, 0.2) is 0 Å². The summed E-state index contributed by atoms with van der Waals surface area (Å²) in [5.41, 5.74) is -0.682. The van der Waals surface area contributed by atoms with Crippen LogP contribution in [0.1, 0.15) is 41.0 Å². The Morgan fingerprint density at radius 1 is 1.38 bits per heavy atom. The molecule has 0 fully saturated rings. The number of nitrogens with zero attached hydrogens (tertiary/aromatic N) is 1. The Labute approximate surface area is 83.1 Å². The van der Waals surface area contributed by atoms with Crippen molar-refractivity contribution in [1.29, 1.82) is 5.26 Å². The molecular formula is C9H18N2OS. The van der Waals surface area contributed by atoms with Gasteiger partial charge in [0.05, 0.1) is 21.8 Å². The van der Waals surface area contributed by atoms with Gasteiger partial charge < -0.3 is 0 Å². The molecule has 3 nitrogen and oxygen atoms in total. The van der Waals surface area contributed by atoms with E-state index in [2.05, 4.69) is 10.8 Å². The van der Waals surface area contributed by atoms with Crippen molar-refractivity contribution in [1.82, 2.24) is 4.72 Å². The number of nitrogens with one attached hydrogen (secondary N) is 1. The van der Waals surface area contributed by atoms with Crippen molar-refractivity contribution < 1.29 is 4.21 Å². The van der Waals surface area contributed by atoms with E-state index in [9.17, 15) is 4.21 Å². The zero-order chi connectivity index (χ0) is 10.7. The third-order valence-electron chi connectivity index (χ3n) is 1.83. The normalized spacial score (nSPS) is 18.8. The van der Waals surface area contributed by atoms with Gasteiger partial charge in [-0.2, -0.15) is 5.26 Å². The van der Waals surface area contributed by atoms with Crippen LogP contribution in [0.5, 0.6) is 0 Å². The minimum atomic E-state index is -1.18. The van der Waals surface area contributed by atoms with Gasteiger partial charge in [0.2, 0.25) is 0 Å². The van der Waals surface area contributed by atoms with Crippen molar-refractivity contribution in [2.24, 2.45) is 0 Å². The van der Waals surface area contributed by atoms with Crippen LogP contribution in [0.3, 0.4) is 0 Å². The summed E-state index contributed by atoms with van der Waals surface area (Å²) in [4.78, 5) is 0. The minimum absolute atomic E-state index is 0.326. The van der Waals surface area contributed by atoms with E-state index in [4.69, 9.17) is 5.26 Å². The summed E-state index contributed by atoms with van der Waals surface area (Å²) in [6.07, 6.45) is 0.644. The van der Waals surface area contributed by atoms with Crippen LogP contribution in [-0.2, 0) is 11.0 Å². The quantitative estimate of drug-likeness (QED) is 0.757. The Morgan fingerprint density at radius 3 is 2.08 bits per heavy atom. The summed E-state index contributed by atoms with van der Waals surface area (Å²) in [6.45, 7) is 9.30. The molecule has 1 N–H and O–H groups in total. The SMILES string of the molecule is CCC(C)(C#N)NS(=O)C(C)(C)C. The van der Waals surface area contributed by atoms with E-state index < -0.39 is 16.5 Å². The number of hydrogen-bond donors (Lipinski definition) is 1. The largest absolute Gasteiger partial charge is 0.242 e. The van der Waals surface area contributed by atoms with Crippen molar-refractivity contribution >= 4 is 11.0 Å². The topological polar surface area (TPSA) is 52.9 Å². The summed E-state index contributed by atoms with van der Waals surface area (Å²) in [5.74, 6) is 0. The third kappa shape index (κ3) is 3.88. The molecule has 0 radical (unpaired) electrons. The van der Waals surface area contributed by atoms with Gasteiger partial charge in [0.25, 0.3) is 0 Å². The monoisotopic (exact) mass is 202 g/mol. The van der Waals surface area contributed by atoms with E-state index in [1.54, 1.807) is 6.92 Å². The molecule has 13 heavy (non-hydrogen) atoms. The summed E-state index contributed by atoms with van der Waals surface area (Å²) < 4.78 is 14.2. The molecule has 0 aromatic carbocycles. The Bertz CT molecular complexity index is 239. The van der Waals surface area contributed by atoms with Gasteiger partial charge in [0.1, 0.15) is 5.54 Å². The average Bonchev–Trinajstić information content (AvgIpc) is 2.02. The Hall–Kier alpha value is -0.400. The zero-order valence-corrected chi connectivity index (χ0v) is 9.79. The Balaban J connectivity index is 4.47. The highest BCUT2D eigenvalue weighted by molar-refractivity contribution is 7.84. The van der Waals surface area contributed by atoms with Crippen LogP contribution in [0, 0.1) is 11.3 Å². The molecule has 0 spiro atoms. The van der Waals surface area contributed by atoms with Crippen LogP contribution in [0.15, 0.2) is 0 Å². The first-order valence-electron chi connectivity index (χ1n) is 4.36. The second-order valence-electron chi connectivity index (χ2n) is 4.28. The summed E-state index contributed by atoms with van der Waals surface area (Å²) in [5, 5.41) is 8.85. The molecule has 0 aromatic rings. The fourth-order valence-electron chi connectivity index (χ4n) is 0.532. The van der Waals surface area contributed by atoms with Gasteiger partial charge in [-0.1, -0.05) is 6.92 Å². The molecule has 2 unspecified atom stereocenters. The van der Waals surface area contributed by atoms with Gasteiger partial charge in [0, 0.05) is 0 Å². The van der Waals surface area contributed by atoms with Gasteiger partial charge in [-0.15, -0.1) is 0 Å². The minimum Gasteiger partial charge on any atom is -0.242 e. The standard InChI is InChI=1S/C9H18N2OS/c1-6-9(5,7-10)11-13(12)8(2,3)4/h11H,6H2,1-5H3. The molecule has 0 aliphatic carbocycles. The van der Waals surface area contributed by atoms with Crippen LogP contribution < -0.4 is 4.72 Å². The van der Waals surface area contributed by atoms with Crippen LogP contribution in [-0.4, -0.2) is 14.5 Å². The first-order valence-corrected chi connectivity index (χ1v) is 5.51. The van der Waals surface area contributed by atoms with Crippen molar-refractivity contribution in [3.63, 3.8) is 0 Å². The third-order valence-corrected chi connectivity index (χ3v) is 3.58.